The number of benzene rings is 1. The second-order valence-electron chi connectivity index (χ2n) is 7.15. The summed E-state index contributed by atoms with van der Waals surface area (Å²) >= 11 is 0. The smallest absolute Gasteiger partial charge is 0.271 e. The fourth-order valence-corrected chi connectivity index (χ4v) is 3.85. The van der Waals surface area contributed by atoms with E-state index in [0.29, 0.717) is 41.2 Å². The van der Waals surface area contributed by atoms with E-state index >= 15 is 0 Å². The zero-order chi connectivity index (χ0) is 19.8. The Labute approximate surface area is 167 Å². The molecule has 0 saturated heterocycles. The first-order valence-electron chi connectivity index (χ1n) is 9.44. The van der Waals surface area contributed by atoms with Crippen LogP contribution in [0.2, 0.25) is 0 Å². The third-order valence-corrected chi connectivity index (χ3v) is 5.34. The van der Waals surface area contributed by atoms with Crippen molar-refractivity contribution in [3.63, 3.8) is 0 Å². The predicted molar refractivity (Wildman–Crippen MR) is 108 cm³/mol. The average Bonchev–Trinajstić information content (AvgIpc) is 3.19. The molecule has 7 heteroatoms. The molecule has 1 aromatic carbocycles. The van der Waals surface area contributed by atoms with Gasteiger partial charge >= 0.3 is 0 Å². The molecule has 0 fully saturated rings. The Morgan fingerprint density at radius 3 is 2.76 bits per heavy atom. The van der Waals surface area contributed by atoms with E-state index < -0.39 is 5.54 Å². The number of aromatic nitrogens is 4. The molecule has 0 saturated carbocycles. The van der Waals surface area contributed by atoms with Gasteiger partial charge < -0.3 is 10.1 Å². The minimum atomic E-state index is -0.806. The van der Waals surface area contributed by atoms with Gasteiger partial charge in [-0.05, 0) is 36.8 Å². The number of ether oxygens (including phenoxy) is 1. The van der Waals surface area contributed by atoms with Crippen LogP contribution in [0, 0.1) is 6.92 Å². The van der Waals surface area contributed by atoms with Crippen molar-refractivity contribution in [1.82, 2.24) is 25.5 Å². The number of H-pyrrole nitrogens is 1. The minimum absolute atomic E-state index is 0.264. The molecule has 0 spiro atoms. The highest BCUT2D eigenvalue weighted by molar-refractivity contribution is 6.04. The number of fused-ring (bicyclic) bond motifs is 2. The maximum Gasteiger partial charge on any atom is 0.271 e. The molecule has 5 rings (SSSR count). The van der Waals surface area contributed by atoms with E-state index in [1.165, 1.54) is 0 Å². The molecule has 0 radical (unpaired) electrons. The molecule has 4 aromatic rings. The highest BCUT2D eigenvalue weighted by Gasteiger charge is 2.42. The van der Waals surface area contributed by atoms with Gasteiger partial charge in [0.15, 0.2) is 5.65 Å². The number of hydrogen-bond acceptors (Lipinski definition) is 5. The van der Waals surface area contributed by atoms with Crippen molar-refractivity contribution in [2.45, 2.75) is 18.9 Å². The lowest BCUT2D eigenvalue weighted by atomic mass is 9.81. The van der Waals surface area contributed by atoms with Crippen LogP contribution in [-0.4, -0.2) is 32.7 Å². The standard InChI is InChI=1S/C22H19N5O2/c1-14-6-8-15(9-7-14)22(10-13-29-17-5-3-11-23-19(17)22)25-21(28)18-16-4-2-12-24-20(16)27-26-18/h2-9,11-12H,10,13H2,1H3,(H,25,28)(H,24,26,27)/t22-/m0/s1. The highest BCUT2D eigenvalue weighted by Crippen LogP contribution is 2.40. The molecule has 0 bridgehead atoms. The summed E-state index contributed by atoms with van der Waals surface area (Å²) in [5.41, 5.74) is 2.89. The Balaban J connectivity index is 1.64. The van der Waals surface area contributed by atoms with Crippen LogP contribution >= 0.6 is 0 Å². The van der Waals surface area contributed by atoms with Crippen LogP contribution in [0.4, 0.5) is 0 Å². The Hall–Kier alpha value is -3.74. The number of nitrogens with one attached hydrogen (secondary N) is 2. The van der Waals surface area contributed by atoms with Crippen molar-refractivity contribution < 1.29 is 9.53 Å². The van der Waals surface area contributed by atoms with Crippen molar-refractivity contribution >= 4 is 16.9 Å². The fraction of sp³-hybridized carbons (Fsp3) is 0.182. The predicted octanol–water partition coefficient (Wildman–Crippen LogP) is 3.12. The molecule has 29 heavy (non-hydrogen) atoms. The molecule has 0 aliphatic carbocycles. The van der Waals surface area contributed by atoms with Gasteiger partial charge in [-0.2, -0.15) is 5.10 Å². The van der Waals surface area contributed by atoms with Gasteiger partial charge in [-0.1, -0.05) is 29.8 Å². The maximum atomic E-state index is 13.4. The summed E-state index contributed by atoms with van der Waals surface area (Å²) in [4.78, 5) is 22.2. The molecule has 1 amide bonds. The molecular formula is C22H19N5O2. The maximum absolute atomic E-state index is 13.4. The van der Waals surface area contributed by atoms with E-state index in [2.05, 4.69) is 25.5 Å². The van der Waals surface area contributed by atoms with Crippen molar-refractivity contribution in [1.29, 1.82) is 0 Å². The number of carbonyl (C=O) groups is 1. The van der Waals surface area contributed by atoms with Gasteiger partial charge in [0.1, 0.15) is 22.7 Å². The Morgan fingerprint density at radius 1 is 1.10 bits per heavy atom. The van der Waals surface area contributed by atoms with Crippen molar-refractivity contribution in [3.05, 3.63) is 83.4 Å². The van der Waals surface area contributed by atoms with Crippen LogP contribution in [-0.2, 0) is 5.54 Å². The second-order valence-corrected chi connectivity index (χ2v) is 7.15. The van der Waals surface area contributed by atoms with Gasteiger partial charge in [0, 0.05) is 18.8 Å². The quantitative estimate of drug-likeness (QED) is 0.565. The van der Waals surface area contributed by atoms with Crippen molar-refractivity contribution in [2.24, 2.45) is 0 Å². The minimum Gasteiger partial charge on any atom is -0.491 e. The molecule has 1 aliphatic heterocycles. The Bertz CT molecular complexity index is 1200. The summed E-state index contributed by atoms with van der Waals surface area (Å²) in [5.74, 6) is 0.412. The van der Waals surface area contributed by atoms with Gasteiger partial charge in [-0.25, -0.2) is 4.98 Å². The first-order chi connectivity index (χ1) is 14.2. The summed E-state index contributed by atoms with van der Waals surface area (Å²) in [5, 5.41) is 10.9. The molecule has 0 unspecified atom stereocenters. The van der Waals surface area contributed by atoms with Gasteiger partial charge in [0.2, 0.25) is 0 Å². The molecule has 2 N–H and O–H groups in total. The van der Waals surface area contributed by atoms with Crippen LogP contribution in [0.1, 0.15) is 33.7 Å². The summed E-state index contributed by atoms with van der Waals surface area (Å²) in [6.45, 7) is 2.51. The number of rotatable bonds is 3. The lowest BCUT2D eigenvalue weighted by Gasteiger charge is -2.38. The summed E-state index contributed by atoms with van der Waals surface area (Å²) in [6, 6.07) is 15.5. The SMILES string of the molecule is Cc1ccc([C@@]2(NC(=O)c3[nH]nc4ncccc34)CCOc3cccnc32)cc1. The number of amides is 1. The normalized spacial score (nSPS) is 18.1. The number of pyridine rings is 2. The van der Waals surface area contributed by atoms with E-state index in [9.17, 15) is 4.79 Å². The lowest BCUT2D eigenvalue weighted by Crippen LogP contribution is -2.50. The number of aromatic amines is 1. The molecule has 3 aromatic heterocycles. The Kier molecular flexibility index (Phi) is 4.01. The molecule has 1 atom stereocenters. The van der Waals surface area contributed by atoms with Crippen molar-refractivity contribution in [3.8, 4) is 5.75 Å². The molecule has 144 valence electrons. The fourth-order valence-electron chi connectivity index (χ4n) is 3.85. The molecule has 1 aliphatic rings. The zero-order valence-corrected chi connectivity index (χ0v) is 15.8. The van der Waals surface area contributed by atoms with Gasteiger partial charge in [0.05, 0.1) is 12.0 Å². The summed E-state index contributed by atoms with van der Waals surface area (Å²) in [7, 11) is 0. The van der Waals surface area contributed by atoms with E-state index in [1.54, 1.807) is 18.5 Å². The third kappa shape index (κ3) is 2.82. The van der Waals surface area contributed by atoms with Crippen LogP contribution in [0.25, 0.3) is 11.0 Å². The Morgan fingerprint density at radius 2 is 1.90 bits per heavy atom. The van der Waals surface area contributed by atoms with Crippen LogP contribution in [0.3, 0.4) is 0 Å². The number of aryl methyl sites for hydroxylation is 1. The second kappa shape index (κ2) is 6.70. The first kappa shape index (κ1) is 17.4. The zero-order valence-electron chi connectivity index (χ0n) is 15.8. The summed E-state index contributed by atoms with van der Waals surface area (Å²) in [6.07, 6.45) is 3.94. The lowest BCUT2D eigenvalue weighted by molar-refractivity contribution is 0.0880. The van der Waals surface area contributed by atoms with Crippen LogP contribution in [0.5, 0.6) is 5.75 Å². The van der Waals surface area contributed by atoms with E-state index in [-0.39, 0.29) is 5.91 Å². The highest BCUT2D eigenvalue weighted by atomic mass is 16.5. The molecular weight excluding hydrogens is 366 g/mol. The van der Waals surface area contributed by atoms with E-state index in [1.807, 2.05) is 49.4 Å². The van der Waals surface area contributed by atoms with Gasteiger partial charge in [0.25, 0.3) is 5.91 Å². The molecule has 7 nitrogen and oxygen atoms in total. The third-order valence-electron chi connectivity index (χ3n) is 5.34. The van der Waals surface area contributed by atoms with Gasteiger partial charge in [-0.3, -0.25) is 14.9 Å². The molecule has 4 heterocycles. The van der Waals surface area contributed by atoms with E-state index in [0.717, 1.165) is 11.1 Å². The first-order valence-corrected chi connectivity index (χ1v) is 9.44. The number of hydrogen-bond donors (Lipinski definition) is 2. The van der Waals surface area contributed by atoms with Crippen LogP contribution in [0.15, 0.2) is 60.9 Å². The summed E-state index contributed by atoms with van der Waals surface area (Å²) < 4.78 is 5.82. The number of carbonyl (C=O) groups excluding carboxylic acids is 1. The number of nitrogens with zero attached hydrogens (tertiary/aromatic N) is 3. The average molecular weight is 385 g/mol. The van der Waals surface area contributed by atoms with Gasteiger partial charge in [-0.15, -0.1) is 0 Å². The van der Waals surface area contributed by atoms with Crippen LogP contribution < -0.4 is 10.1 Å². The largest absolute Gasteiger partial charge is 0.491 e. The van der Waals surface area contributed by atoms with E-state index in [4.69, 9.17) is 4.74 Å². The monoisotopic (exact) mass is 385 g/mol. The van der Waals surface area contributed by atoms with Crippen molar-refractivity contribution in [2.75, 3.05) is 6.61 Å². The topological polar surface area (TPSA) is 92.8 Å².